The molecule has 0 radical (unpaired) electrons. The Balaban J connectivity index is 3.60. The zero-order valence-electron chi connectivity index (χ0n) is 4.66. The van der Waals surface area contributed by atoms with Crippen molar-refractivity contribution in [1.29, 1.82) is 0 Å². The number of rotatable bonds is 2. The fourth-order valence-corrected chi connectivity index (χ4v) is 0.281. The highest BCUT2D eigenvalue weighted by Crippen LogP contribution is 2.16. The van der Waals surface area contributed by atoms with Crippen molar-refractivity contribution in [2.24, 2.45) is 0 Å². The molecule has 0 amide bonds. The lowest BCUT2D eigenvalue weighted by Crippen LogP contribution is -2.16. The molecule has 0 aliphatic rings. The molecule has 0 saturated heterocycles. The van der Waals surface area contributed by atoms with Crippen LogP contribution in [0.15, 0.2) is 0 Å². The molecule has 0 spiro atoms. The van der Waals surface area contributed by atoms with Crippen LogP contribution in [0.4, 0.5) is 13.3 Å². The van der Waals surface area contributed by atoms with Gasteiger partial charge < -0.3 is 0 Å². The minimum Gasteiger partial charge on any atom is -0.255 e. The van der Waals surface area contributed by atoms with E-state index in [-0.39, 0.29) is 0 Å². The average Bonchev–Trinajstić information content (AvgIpc) is 1.62. The third-order valence-corrected chi connectivity index (χ3v) is 0.541. The van der Waals surface area contributed by atoms with Gasteiger partial charge in [-0.2, -0.15) is 0 Å². The van der Waals surface area contributed by atoms with E-state index in [1.807, 2.05) is 0 Å². The number of alkyl halides is 2. The van der Waals surface area contributed by atoms with Gasteiger partial charge in [-0.25, -0.2) is 13.6 Å². The van der Waals surface area contributed by atoms with Gasteiger partial charge >= 0.3 is 5.97 Å². The highest BCUT2D eigenvalue weighted by molar-refractivity contribution is 5.69. The molecule has 0 atom stereocenters. The largest absolute Gasteiger partial charge is 0.354 e. The van der Waals surface area contributed by atoms with Crippen LogP contribution in [-0.4, -0.2) is 11.9 Å². The maximum atomic E-state index is 11.7. The Morgan fingerprint density at radius 1 is 1.67 bits per heavy atom. The second-order valence-corrected chi connectivity index (χ2v) is 1.70. The molecule has 0 aliphatic carbocycles. The van der Waals surface area contributed by atoms with Gasteiger partial charge in [0, 0.05) is 4.53 Å². The van der Waals surface area contributed by atoms with E-state index in [9.17, 15) is 18.1 Å². The zero-order chi connectivity index (χ0) is 7.49. The van der Waals surface area contributed by atoms with Crippen molar-refractivity contribution in [3.8, 4) is 0 Å². The minimum atomic E-state index is -3.19. The Morgan fingerprint density at radius 3 is 2.22 bits per heavy atom. The van der Waals surface area contributed by atoms with Crippen molar-refractivity contribution in [3.05, 3.63) is 0 Å². The summed E-state index contributed by atoms with van der Waals surface area (Å²) < 4.78 is 34.1. The van der Waals surface area contributed by atoms with Crippen molar-refractivity contribution in [1.82, 2.24) is 0 Å². The van der Waals surface area contributed by atoms with Crippen LogP contribution in [-0.2, 0) is 9.74 Å². The number of hydrogen-bond acceptors (Lipinski definition) is 2. The molecule has 0 bridgehead atoms. The fraction of sp³-hybridized carbons (Fsp3) is 0.750. The molecular formula is C4H5F3O2. The number of halogens is 3. The summed E-state index contributed by atoms with van der Waals surface area (Å²) in [6, 6.07) is 0. The van der Waals surface area contributed by atoms with Crippen molar-refractivity contribution in [2.75, 3.05) is 0 Å². The standard InChI is InChI=1S/C4H5F3O2/c1-4(5,6)2-3(8)9-7/h2H2,1H3. The molecule has 5 heteroatoms. The molecule has 0 aromatic rings. The summed E-state index contributed by atoms with van der Waals surface area (Å²) in [6.07, 6.45) is -1.22. The van der Waals surface area contributed by atoms with Crippen molar-refractivity contribution in [2.45, 2.75) is 19.3 Å². The molecule has 9 heavy (non-hydrogen) atoms. The Bertz CT molecular complexity index is 107. The zero-order valence-corrected chi connectivity index (χ0v) is 4.66. The monoisotopic (exact) mass is 142 g/mol. The second kappa shape index (κ2) is 2.70. The van der Waals surface area contributed by atoms with Gasteiger partial charge in [-0.1, -0.05) is 0 Å². The molecule has 0 saturated carbocycles. The quantitative estimate of drug-likeness (QED) is 0.583. The van der Waals surface area contributed by atoms with Gasteiger partial charge in [0.05, 0.1) is 0 Å². The summed E-state index contributed by atoms with van der Waals surface area (Å²) in [5.41, 5.74) is 0. The van der Waals surface area contributed by atoms with Crippen molar-refractivity contribution >= 4 is 5.97 Å². The molecule has 2 nitrogen and oxygen atoms in total. The third-order valence-electron chi connectivity index (χ3n) is 0.541. The van der Waals surface area contributed by atoms with Gasteiger partial charge in [-0.15, -0.1) is 0 Å². The first-order valence-electron chi connectivity index (χ1n) is 2.15. The topological polar surface area (TPSA) is 26.3 Å². The molecule has 0 fully saturated rings. The number of carbonyl (C=O) groups is 1. The van der Waals surface area contributed by atoms with Crippen LogP contribution in [0.2, 0.25) is 0 Å². The second-order valence-electron chi connectivity index (χ2n) is 1.70. The first kappa shape index (κ1) is 8.26. The van der Waals surface area contributed by atoms with Gasteiger partial charge in [0.1, 0.15) is 6.42 Å². The summed E-state index contributed by atoms with van der Waals surface area (Å²) in [6.45, 7) is 0.504. The molecule has 0 aromatic carbocycles. The lowest BCUT2D eigenvalue weighted by Gasteiger charge is -2.04. The number of carbonyl (C=O) groups excluding carboxylic acids is 1. The highest BCUT2D eigenvalue weighted by Gasteiger charge is 2.26. The van der Waals surface area contributed by atoms with Crippen LogP contribution in [0.1, 0.15) is 13.3 Å². The summed E-state index contributed by atoms with van der Waals surface area (Å²) >= 11 is 0. The van der Waals surface area contributed by atoms with Crippen LogP contribution in [0.3, 0.4) is 0 Å². The maximum Gasteiger partial charge on any atom is 0.354 e. The first-order valence-corrected chi connectivity index (χ1v) is 2.15. The summed E-state index contributed by atoms with van der Waals surface area (Å²) in [7, 11) is 0. The predicted molar refractivity (Wildman–Crippen MR) is 22.4 cm³/mol. The van der Waals surface area contributed by atoms with Gasteiger partial charge in [0.25, 0.3) is 5.92 Å². The van der Waals surface area contributed by atoms with E-state index in [0.717, 1.165) is 0 Å². The maximum absolute atomic E-state index is 11.7. The minimum absolute atomic E-state index is 0.504. The third kappa shape index (κ3) is 5.13. The van der Waals surface area contributed by atoms with E-state index in [1.54, 1.807) is 0 Å². The lowest BCUT2D eigenvalue weighted by molar-refractivity contribution is -0.189. The molecule has 0 N–H and O–H groups in total. The fourth-order valence-electron chi connectivity index (χ4n) is 0.281. The SMILES string of the molecule is CC(F)(F)CC(=O)OF. The van der Waals surface area contributed by atoms with Crippen LogP contribution >= 0.6 is 0 Å². The van der Waals surface area contributed by atoms with E-state index in [0.29, 0.717) is 6.92 Å². The van der Waals surface area contributed by atoms with Crippen molar-refractivity contribution < 1.29 is 23.0 Å². The number of hydrogen-bond donors (Lipinski definition) is 0. The van der Waals surface area contributed by atoms with Crippen LogP contribution < -0.4 is 0 Å². The first-order chi connectivity index (χ1) is 3.95. The van der Waals surface area contributed by atoms with Gasteiger partial charge in [-0.05, 0) is 6.92 Å². The highest BCUT2D eigenvalue weighted by atomic mass is 19.3. The molecule has 54 valence electrons. The van der Waals surface area contributed by atoms with Crippen molar-refractivity contribution in [3.63, 3.8) is 0 Å². The summed E-state index contributed by atoms with van der Waals surface area (Å²) in [5.74, 6) is -4.74. The molecule has 0 aliphatic heterocycles. The molecule has 0 heterocycles. The smallest absolute Gasteiger partial charge is 0.255 e. The Labute approximate surface area is 49.5 Å². The average molecular weight is 142 g/mol. The lowest BCUT2D eigenvalue weighted by atomic mass is 10.3. The Hall–Kier alpha value is -0.740. The molecular weight excluding hydrogens is 137 g/mol. The molecule has 0 rings (SSSR count). The van der Waals surface area contributed by atoms with Crippen LogP contribution in [0.5, 0.6) is 0 Å². The van der Waals surface area contributed by atoms with E-state index in [2.05, 4.69) is 4.94 Å². The van der Waals surface area contributed by atoms with E-state index >= 15 is 0 Å². The van der Waals surface area contributed by atoms with Crippen LogP contribution in [0, 0.1) is 0 Å². The van der Waals surface area contributed by atoms with Gasteiger partial charge in [0.15, 0.2) is 0 Å². The van der Waals surface area contributed by atoms with E-state index in [1.165, 1.54) is 0 Å². The summed E-state index contributed by atoms with van der Waals surface area (Å²) in [5, 5.41) is 0. The van der Waals surface area contributed by atoms with Gasteiger partial charge in [-0.3, -0.25) is 4.94 Å². The molecule has 0 aromatic heterocycles. The Kier molecular flexibility index (Phi) is 2.48. The van der Waals surface area contributed by atoms with Crippen LogP contribution in [0.25, 0.3) is 0 Å². The van der Waals surface area contributed by atoms with Gasteiger partial charge in [0.2, 0.25) is 0 Å². The Morgan fingerprint density at radius 2 is 2.11 bits per heavy atom. The van der Waals surface area contributed by atoms with E-state index < -0.39 is 18.3 Å². The molecule has 0 unspecified atom stereocenters. The van der Waals surface area contributed by atoms with E-state index in [4.69, 9.17) is 0 Å². The normalized spacial score (nSPS) is 11.1. The summed E-state index contributed by atoms with van der Waals surface area (Å²) in [4.78, 5) is 12.3. The predicted octanol–water partition coefficient (Wildman–Crippen LogP) is 1.46.